The van der Waals surface area contributed by atoms with E-state index in [4.69, 9.17) is 16.3 Å². The second-order valence-electron chi connectivity index (χ2n) is 6.69. The van der Waals surface area contributed by atoms with E-state index in [9.17, 15) is 4.79 Å². The summed E-state index contributed by atoms with van der Waals surface area (Å²) in [5, 5.41) is 14.3. The van der Waals surface area contributed by atoms with Gasteiger partial charge in [-0.15, -0.1) is 5.10 Å². The highest BCUT2D eigenvalue weighted by atomic mass is 35.5. The van der Waals surface area contributed by atoms with E-state index in [2.05, 4.69) is 30.4 Å². The summed E-state index contributed by atoms with van der Waals surface area (Å²) in [5.74, 6) is 1.11. The number of imidazole rings is 1. The molecule has 0 fully saturated rings. The maximum absolute atomic E-state index is 12.7. The summed E-state index contributed by atoms with van der Waals surface area (Å²) in [5.41, 5.74) is 2.94. The lowest BCUT2D eigenvalue weighted by molar-refractivity contribution is 0.0950. The Kier molecular flexibility index (Phi) is 5.62. The van der Waals surface area contributed by atoms with Crippen molar-refractivity contribution in [2.24, 2.45) is 7.05 Å². The van der Waals surface area contributed by atoms with Crippen molar-refractivity contribution in [2.75, 3.05) is 13.7 Å². The monoisotopic (exact) mass is 425 g/mol. The van der Waals surface area contributed by atoms with Crippen LogP contribution in [0.15, 0.2) is 42.7 Å². The number of methoxy groups -OCH3 is 1. The van der Waals surface area contributed by atoms with Gasteiger partial charge in [0.25, 0.3) is 5.91 Å². The topological polar surface area (TPSA) is 99.8 Å². The van der Waals surface area contributed by atoms with Crippen LogP contribution in [0.1, 0.15) is 22.6 Å². The Hall–Kier alpha value is -3.46. The van der Waals surface area contributed by atoms with E-state index in [0.29, 0.717) is 28.6 Å². The van der Waals surface area contributed by atoms with Gasteiger partial charge in [0.15, 0.2) is 0 Å². The summed E-state index contributed by atoms with van der Waals surface area (Å²) in [6.07, 6.45) is 2.92. The number of halogens is 1. The molecule has 2 heterocycles. The molecule has 1 amide bonds. The molecule has 0 atom stereocenters. The normalized spacial score (nSPS) is 11.0. The number of amides is 1. The van der Waals surface area contributed by atoms with Crippen LogP contribution < -0.4 is 10.1 Å². The molecule has 2 aromatic carbocycles. The quantitative estimate of drug-likeness (QED) is 0.457. The van der Waals surface area contributed by atoms with Gasteiger partial charge in [0, 0.05) is 26.1 Å². The third kappa shape index (κ3) is 3.84. The molecule has 4 aromatic rings. The van der Waals surface area contributed by atoms with Crippen molar-refractivity contribution in [2.45, 2.75) is 12.8 Å². The summed E-state index contributed by atoms with van der Waals surface area (Å²) in [6, 6.07) is 11.2. The minimum absolute atomic E-state index is 0.262. The standard InChI is InChI=1S/C20H20ClN7O2/c1-27-16-7-4-3-6-15(16)24-19(27)8-5-9-22-20(29)13-10-14(21)17(11-18(13)30-2)28-12-23-25-26-28/h3-4,6-7,10-12H,5,8-9H2,1-2H3,(H,22,29). The Labute approximate surface area is 177 Å². The van der Waals surface area contributed by atoms with Crippen LogP contribution in [0.4, 0.5) is 0 Å². The molecule has 10 heteroatoms. The third-order valence-corrected chi connectivity index (χ3v) is 5.15. The van der Waals surface area contributed by atoms with Crippen molar-refractivity contribution < 1.29 is 9.53 Å². The van der Waals surface area contributed by atoms with Gasteiger partial charge in [0.2, 0.25) is 0 Å². The van der Waals surface area contributed by atoms with Crippen molar-refractivity contribution in [3.8, 4) is 11.4 Å². The number of tetrazole rings is 1. The van der Waals surface area contributed by atoms with E-state index in [0.717, 1.165) is 29.7 Å². The molecule has 30 heavy (non-hydrogen) atoms. The lowest BCUT2D eigenvalue weighted by atomic mass is 10.1. The first-order chi connectivity index (χ1) is 14.6. The molecular formula is C20H20ClN7O2. The van der Waals surface area contributed by atoms with Crippen molar-refractivity contribution in [1.82, 2.24) is 35.1 Å². The number of para-hydroxylation sites is 2. The third-order valence-electron chi connectivity index (χ3n) is 4.85. The second kappa shape index (κ2) is 8.50. The maximum atomic E-state index is 12.7. The summed E-state index contributed by atoms with van der Waals surface area (Å²) in [6.45, 7) is 0.498. The average molecular weight is 426 g/mol. The SMILES string of the molecule is COc1cc(-n2cnnn2)c(Cl)cc1C(=O)NCCCc1nc2ccccc2n1C. The number of aryl methyl sites for hydroxylation is 2. The van der Waals surface area contributed by atoms with Crippen LogP contribution in [0.2, 0.25) is 5.02 Å². The zero-order chi connectivity index (χ0) is 21.1. The summed E-state index contributed by atoms with van der Waals surface area (Å²) >= 11 is 6.33. The number of nitrogens with zero attached hydrogens (tertiary/aromatic N) is 6. The van der Waals surface area contributed by atoms with Crippen LogP contribution in [-0.2, 0) is 13.5 Å². The Morgan fingerprint density at radius 1 is 1.27 bits per heavy atom. The molecule has 0 unspecified atom stereocenters. The highest BCUT2D eigenvalue weighted by Gasteiger charge is 2.17. The predicted molar refractivity (Wildman–Crippen MR) is 112 cm³/mol. The molecule has 9 nitrogen and oxygen atoms in total. The van der Waals surface area contributed by atoms with Gasteiger partial charge in [0.05, 0.1) is 34.4 Å². The van der Waals surface area contributed by atoms with Gasteiger partial charge in [-0.2, -0.15) is 4.68 Å². The molecule has 154 valence electrons. The molecule has 0 spiro atoms. The fourth-order valence-electron chi connectivity index (χ4n) is 3.30. The molecular weight excluding hydrogens is 406 g/mol. The van der Waals surface area contributed by atoms with Gasteiger partial charge in [0.1, 0.15) is 17.9 Å². The Morgan fingerprint density at radius 2 is 2.10 bits per heavy atom. The number of carbonyl (C=O) groups excluding carboxylic acids is 1. The Morgan fingerprint density at radius 3 is 2.83 bits per heavy atom. The van der Waals surface area contributed by atoms with Crippen molar-refractivity contribution >= 4 is 28.5 Å². The molecule has 0 radical (unpaired) electrons. The average Bonchev–Trinajstić information content (AvgIpc) is 3.40. The van der Waals surface area contributed by atoms with Crippen LogP contribution in [0, 0.1) is 0 Å². The molecule has 0 bridgehead atoms. The number of fused-ring (bicyclic) bond motifs is 1. The minimum atomic E-state index is -0.262. The zero-order valence-electron chi connectivity index (χ0n) is 16.5. The van der Waals surface area contributed by atoms with E-state index in [1.807, 2.05) is 31.3 Å². The number of hydrogen-bond acceptors (Lipinski definition) is 6. The van der Waals surface area contributed by atoms with Gasteiger partial charge in [-0.25, -0.2) is 4.98 Å². The van der Waals surface area contributed by atoms with Gasteiger partial charge in [-0.05, 0) is 35.0 Å². The number of rotatable bonds is 7. The number of aromatic nitrogens is 6. The molecule has 2 aromatic heterocycles. The predicted octanol–water partition coefficient (Wildman–Crippen LogP) is 2.57. The fraction of sp³-hybridized carbons (Fsp3) is 0.250. The van der Waals surface area contributed by atoms with Gasteiger partial charge >= 0.3 is 0 Å². The van der Waals surface area contributed by atoms with E-state index in [1.54, 1.807) is 12.1 Å². The first-order valence-electron chi connectivity index (χ1n) is 9.38. The highest BCUT2D eigenvalue weighted by molar-refractivity contribution is 6.33. The lowest BCUT2D eigenvalue weighted by Crippen LogP contribution is -2.25. The molecule has 4 rings (SSSR count). The van der Waals surface area contributed by atoms with Gasteiger partial charge in [-0.3, -0.25) is 4.79 Å². The summed E-state index contributed by atoms with van der Waals surface area (Å²) in [7, 11) is 3.50. The van der Waals surface area contributed by atoms with Crippen LogP contribution in [0.5, 0.6) is 5.75 Å². The molecule has 0 aliphatic rings. The lowest BCUT2D eigenvalue weighted by Gasteiger charge is -2.12. The summed E-state index contributed by atoms with van der Waals surface area (Å²) < 4.78 is 8.86. The minimum Gasteiger partial charge on any atom is -0.496 e. The molecule has 0 saturated heterocycles. The maximum Gasteiger partial charge on any atom is 0.255 e. The van der Waals surface area contributed by atoms with Gasteiger partial charge in [-0.1, -0.05) is 23.7 Å². The molecule has 0 saturated carbocycles. The van der Waals surface area contributed by atoms with E-state index in [1.165, 1.54) is 18.1 Å². The smallest absolute Gasteiger partial charge is 0.255 e. The van der Waals surface area contributed by atoms with E-state index in [-0.39, 0.29) is 5.91 Å². The first kappa shape index (κ1) is 19.8. The number of nitrogens with one attached hydrogen (secondary N) is 1. The summed E-state index contributed by atoms with van der Waals surface area (Å²) in [4.78, 5) is 17.3. The van der Waals surface area contributed by atoms with Crippen molar-refractivity contribution in [1.29, 1.82) is 0 Å². The zero-order valence-corrected chi connectivity index (χ0v) is 17.3. The van der Waals surface area contributed by atoms with Crippen LogP contribution in [0.3, 0.4) is 0 Å². The van der Waals surface area contributed by atoms with Gasteiger partial charge < -0.3 is 14.6 Å². The number of carbonyl (C=O) groups is 1. The largest absolute Gasteiger partial charge is 0.496 e. The number of ether oxygens (including phenoxy) is 1. The number of hydrogen-bond donors (Lipinski definition) is 1. The Balaban J connectivity index is 1.41. The van der Waals surface area contributed by atoms with E-state index >= 15 is 0 Å². The van der Waals surface area contributed by atoms with Crippen molar-refractivity contribution in [3.63, 3.8) is 0 Å². The first-order valence-corrected chi connectivity index (χ1v) is 9.75. The molecule has 0 aliphatic heterocycles. The number of benzene rings is 2. The highest BCUT2D eigenvalue weighted by Crippen LogP contribution is 2.29. The van der Waals surface area contributed by atoms with Crippen molar-refractivity contribution in [3.05, 3.63) is 59.1 Å². The van der Waals surface area contributed by atoms with Crippen LogP contribution in [-0.4, -0.2) is 49.3 Å². The molecule has 1 N–H and O–H groups in total. The fourth-order valence-corrected chi connectivity index (χ4v) is 3.55. The molecule has 0 aliphatic carbocycles. The van der Waals surface area contributed by atoms with E-state index < -0.39 is 0 Å². The van der Waals surface area contributed by atoms with Crippen LogP contribution >= 0.6 is 11.6 Å². The van der Waals surface area contributed by atoms with Crippen LogP contribution in [0.25, 0.3) is 16.7 Å². The second-order valence-corrected chi connectivity index (χ2v) is 7.10. The Bertz CT molecular complexity index is 1190.